The molecule has 2 heterocycles. The Bertz CT molecular complexity index is 1100. The molecule has 30 heavy (non-hydrogen) atoms. The fourth-order valence-electron chi connectivity index (χ4n) is 2.79. The van der Waals surface area contributed by atoms with Crippen LogP contribution >= 0.6 is 35.1 Å². The lowest BCUT2D eigenvalue weighted by atomic mass is 10.2. The van der Waals surface area contributed by atoms with Crippen LogP contribution in [0.5, 0.6) is 0 Å². The molecule has 0 N–H and O–H groups in total. The van der Waals surface area contributed by atoms with Crippen molar-refractivity contribution in [2.24, 2.45) is 0 Å². The highest BCUT2D eigenvalue weighted by Gasteiger charge is 2.10. The van der Waals surface area contributed by atoms with Gasteiger partial charge in [0.2, 0.25) is 0 Å². The summed E-state index contributed by atoms with van der Waals surface area (Å²) >= 11 is 9.45. The number of thioether (sulfide) groups is 1. The van der Waals surface area contributed by atoms with Crippen LogP contribution in [0.1, 0.15) is 16.8 Å². The lowest BCUT2D eigenvalue weighted by Gasteiger charge is -2.08. The van der Waals surface area contributed by atoms with Gasteiger partial charge in [0.05, 0.1) is 5.69 Å². The Morgan fingerprint density at radius 3 is 2.40 bits per heavy atom. The average Bonchev–Trinajstić information content (AvgIpc) is 2.77. The van der Waals surface area contributed by atoms with Gasteiger partial charge in [0.15, 0.2) is 5.82 Å². The number of hydrogen-bond acceptors (Lipinski definition) is 5. The van der Waals surface area contributed by atoms with Crippen molar-refractivity contribution in [1.29, 1.82) is 0 Å². The topological polar surface area (TPSA) is 38.7 Å². The predicted molar refractivity (Wildman–Crippen MR) is 127 cm³/mol. The maximum Gasteiger partial charge on any atom is 0.179 e. The molecule has 0 saturated heterocycles. The Hall–Kier alpha value is -2.34. The number of aryl methyl sites for hydroxylation is 1. The molecular formula is C24H20ClN3S2. The van der Waals surface area contributed by atoms with Gasteiger partial charge in [-0.05, 0) is 55.0 Å². The van der Waals surface area contributed by atoms with E-state index in [-0.39, 0.29) is 0 Å². The van der Waals surface area contributed by atoms with Crippen LogP contribution in [0.25, 0.3) is 11.5 Å². The second kappa shape index (κ2) is 10.1. The van der Waals surface area contributed by atoms with Crippen molar-refractivity contribution in [3.8, 4) is 11.5 Å². The summed E-state index contributed by atoms with van der Waals surface area (Å²) in [6.07, 6.45) is 1.77. The molecule has 150 valence electrons. The molecule has 0 amide bonds. The fourth-order valence-corrected chi connectivity index (χ4v) is 4.64. The van der Waals surface area contributed by atoms with Gasteiger partial charge < -0.3 is 0 Å². The summed E-state index contributed by atoms with van der Waals surface area (Å²) < 4.78 is 0. The second-order valence-corrected chi connectivity index (χ2v) is 9.29. The van der Waals surface area contributed by atoms with Gasteiger partial charge in [0.1, 0.15) is 10.7 Å². The van der Waals surface area contributed by atoms with E-state index in [4.69, 9.17) is 21.6 Å². The van der Waals surface area contributed by atoms with Crippen molar-refractivity contribution < 1.29 is 0 Å². The Kier molecular flexibility index (Phi) is 7.05. The lowest BCUT2D eigenvalue weighted by Crippen LogP contribution is -1.98. The van der Waals surface area contributed by atoms with Crippen LogP contribution in [0.4, 0.5) is 0 Å². The molecule has 0 bridgehead atoms. The first-order valence-corrected chi connectivity index (χ1v) is 11.9. The first-order valence-electron chi connectivity index (χ1n) is 9.52. The molecule has 6 heteroatoms. The standard InChI is InChI=1S/C24H20ClN3S2/c1-17-5-11-21(12-6-17)30-23-14-20(16-29-15-18-7-9-19(25)10-8-18)27-24(28-23)22-4-2-3-13-26-22/h2-14H,15-16H2,1H3. The minimum atomic E-state index is 0.662. The molecular weight excluding hydrogens is 430 g/mol. The van der Waals surface area contributed by atoms with Crippen LogP contribution in [-0.2, 0) is 11.5 Å². The molecule has 0 aliphatic carbocycles. The highest BCUT2D eigenvalue weighted by Crippen LogP contribution is 2.29. The number of halogens is 1. The molecule has 2 aromatic heterocycles. The van der Waals surface area contributed by atoms with E-state index < -0.39 is 0 Å². The zero-order chi connectivity index (χ0) is 20.8. The van der Waals surface area contributed by atoms with Crippen LogP contribution < -0.4 is 0 Å². The molecule has 0 aliphatic rings. The van der Waals surface area contributed by atoms with E-state index in [1.54, 1.807) is 18.0 Å². The van der Waals surface area contributed by atoms with E-state index in [1.165, 1.54) is 11.1 Å². The molecule has 0 unspecified atom stereocenters. The SMILES string of the molecule is Cc1ccc(Sc2cc(CSCc3ccc(Cl)cc3)nc(-c3ccccn3)n2)cc1. The minimum Gasteiger partial charge on any atom is -0.253 e. The van der Waals surface area contributed by atoms with E-state index in [9.17, 15) is 0 Å². The smallest absolute Gasteiger partial charge is 0.179 e. The first kappa shape index (κ1) is 20.9. The van der Waals surface area contributed by atoms with Crippen molar-refractivity contribution in [2.75, 3.05) is 0 Å². The van der Waals surface area contributed by atoms with Crippen molar-refractivity contribution in [3.63, 3.8) is 0 Å². The van der Waals surface area contributed by atoms with Crippen LogP contribution in [0.15, 0.2) is 88.9 Å². The molecule has 3 nitrogen and oxygen atoms in total. The van der Waals surface area contributed by atoms with Crippen molar-refractivity contribution in [2.45, 2.75) is 28.4 Å². The number of pyridine rings is 1. The van der Waals surface area contributed by atoms with Crippen LogP contribution in [-0.4, -0.2) is 15.0 Å². The monoisotopic (exact) mass is 449 g/mol. The summed E-state index contributed by atoms with van der Waals surface area (Å²) in [6, 6.07) is 24.3. The molecule has 0 fully saturated rings. The Morgan fingerprint density at radius 2 is 1.67 bits per heavy atom. The van der Waals surface area contributed by atoms with Gasteiger partial charge in [0.25, 0.3) is 0 Å². The zero-order valence-electron chi connectivity index (χ0n) is 16.5. The third-order valence-corrected chi connectivity index (χ3v) is 6.54. The molecule has 4 aromatic rings. The van der Waals surface area contributed by atoms with E-state index in [0.717, 1.165) is 37.8 Å². The summed E-state index contributed by atoms with van der Waals surface area (Å²) in [4.78, 5) is 15.1. The summed E-state index contributed by atoms with van der Waals surface area (Å²) in [5.74, 6) is 2.36. The molecule has 4 rings (SSSR count). The van der Waals surface area contributed by atoms with Gasteiger partial charge in [-0.15, -0.1) is 0 Å². The second-order valence-electron chi connectivity index (χ2n) is 6.77. The van der Waals surface area contributed by atoms with E-state index >= 15 is 0 Å². The summed E-state index contributed by atoms with van der Waals surface area (Å²) in [5.41, 5.74) is 4.28. The van der Waals surface area contributed by atoms with E-state index in [2.05, 4.69) is 54.4 Å². The fraction of sp³-hybridized carbons (Fsp3) is 0.125. The predicted octanol–water partition coefficient (Wildman–Crippen LogP) is 7.09. The van der Waals surface area contributed by atoms with E-state index in [0.29, 0.717) is 5.82 Å². The Labute approximate surface area is 190 Å². The summed E-state index contributed by atoms with van der Waals surface area (Å²) in [7, 11) is 0. The zero-order valence-corrected chi connectivity index (χ0v) is 18.8. The largest absolute Gasteiger partial charge is 0.253 e. The Balaban J connectivity index is 1.55. The highest BCUT2D eigenvalue weighted by atomic mass is 35.5. The minimum absolute atomic E-state index is 0.662. The highest BCUT2D eigenvalue weighted by molar-refractivity contribution is 7.99. The van der Waals surface area contributed by atoms with Gasteiger partial charge in [-0.3, -0.25) is 4.98 Å². The van der Waals surface area contributed by atoms with Crippen LogP contribution in [0.3, 0.4) is 0 Å². The van der Waals surface area contributed by atoms with Gasteiger partial charge in [-0.2, -0.15) is 11.8 Å². The maximum absolute atomic E-state index is 5.98. The lowest BCUT2D eigenvalue weighted by molar-refractivity contribution is 0.997. The van der Waals surface area contributed by atoms with Crippen LogP contribution in [0.2, 0.25) is 5.02 Å². The van der Waals surface area contributed by atoms with Gasteiger partial charge in [-0.25, -0.2) is 9.97 Å². The van der Waals surface area contributed by atoms with Crippen molar-refractivity contribution in [3.05, 3.63) is 101 Å². The first-order chi connectivity index (χ1) is 14.7. The van der Waals surface area contributed by atoms with Crippen molar-refractivity contribution in [1.82, 2.24) is 15.0 Å². The van der Waals surface area contributed by atoms with Gasteiger partial charge >= 0.3 is 0 Å². The van der Waals surface area contributed by atoms with E-state index in [1.807, 2.05) is 42.1 Å². The molecule has 0 aliphatic heterocycles. The number of benzene rings is 2. The molecule has 0 radical (unpaired) electrons. The van der Waals surface area contributed by atoms with Gasteiger partial charge in [-0.1, -0.05) is 59.3 Å². The molecule has 0 saturated carbocycles. The number of aromatic nitrogens is 3. The third-order valence-electron chi connectivity index (χ3n) is 4.33. The summed E-state index contributed by atoms with van der Waals surface area (Å²) in [6.45, 7) is 2.09. The average molecular weight is 450 g/mol. The molecule has 0 atom stereocenters. The molecule has 0 spiro atoms. The van der Waals surface area contributed by atoms with Crippen LogP contribution in [0, 0.1) is 6.92 Å². The Morgan fingerprint density at radius 1 is 0.867 bits per heavy atom. The number of hydrogen-bond donors (Lipinski definition) is 0. The van der Waals surface area contributed by atoms with Crippen molar-refractivity contribution >= 4 is 35.1 Å². The van der Waals surface area contributed by atoms with Gasteiger partial charge in [0, 0.05) is 27.6 Å². The maximum atomic E-state index is 5.98. The summed E-state index contributed by atoms with van der Waals surface area (Å²) in [5, 5.41) is 1.69. The quantitative estimate of drug-likeness (QED) is 0.282. The molecule has 2 aromatic carbocycles. The third kappa shape index (κ3) is 5.85. The number of rotatable bonds is 7. The normalized spacial score (nSPS) is 10.9. The number of nitrogens with zero attached hydrogens (tertiary/aromatic N) is 3.